The number of nitrogens with zero attached hydrogens (tertiary/aromatic N) is 3. The number of rotatable bonds is 5. The molecule has 0 aliphatic carbocycles. The highest BCUT2D eigenvalue weighted by Gasteiger charge is 2.23. The molecule has 1 aliphatic rings. The SMILES string of the molecule is CC(C)Cc1ccc(C(C)c2cc(/N=C(\NC(=O)OC(C)(C)C)N3CCOCC3)on2)cc1. The Hall–Kier alpha value is -2.87. The van der Waals surface area contributed by atoms with Crippen LogP contribution in [0.2, 0.25) is 0 Å². The maximum absolute atomic E-state index is 12.4. The van der Waals surface area contributed by atoms with Crippen molar-refractivity contribution in [3.05, 3.63) is 47.2 Å². The first-order chi connectivity index (χ1) is 15.6. The molecule has 0 bridgehead atoms. The van der Waals surface area contributed by atoms with E-state index < -0.39 is 11.7 Å². The quantitative estimate of drug-likeness (QED) is 0.510. The lowest BCUT2D eigenvalue weighted by molar-refractivity contribution is 0.0514. The molecule has 1 saturated heterocycles. The number of carbonyl (C=O) groups excluding carboxylic acids is 1. The Morgan fingerprint density at radius 1 is 1.18 bits per heavy atom. The Balaban J connectivity index is 1.76. The predicted molar refractivity (Wildman–Crippen MR) is 128 cm³/mol. The minimum absolute atomic E-state index is 0.0523. The lowest BCUT2D eigenvalue weighted by Gasteiger charge is -2.30. The summed E-state index contributed by atoms with van der Waals surface area (Å²) in [6.45, 7) is 14.3. The molecule has 1 unspecified atom stereocenters. The Bertz CT molecular complexity index is 938. The monoisotopic (exact) mass is 456 g/mol. The molecule has 1 aromatic carbocycles. The summed E-state index contributed by atoms with van der Waals surface area (Å²) >= 11 is 0. The molecule has 1 atom stereocenters. The molecule has 1 aromatic heterocycles. The van der Waals surface area contributed by atoms with Gasteiger partial charge in [0.25, 0.3) is 5.88 Å². The third-order valence-electron chi connectivity index (χ3n) is 5.22. The zero-order valence-corrected chi connectivity index (χ0v) is 20.6. The van der Waals surface area contributed by atoms with Gasteiger partial charge in [0.15, 0.2) is 0 Å². The van der Waals surface area contributed by atoms with Gasteiger partial charge in [0.05, 0.1) is 18.9 Å². The highest BCUT2D eigenvalue weighted by Crippen LogP contribution is 2.27. The minimum Gasteiger partial charge on any atom is -0.444 e. The number of guanidine groups is 1. The molecular weight excluding hydrogens is 420 g/mol. The van der Waals surface area contributed by atoms with Crippen LogP contribution in [0.5, 0.6) is 0 Å². The number of aromatic nitrogens is 1. The fraction of sp³-hybridized carbons (Fsp3) is 0.560. The van der Waals surface area contributed by atoms with E-state index in [2.05, 4.69) is 60.5 Å². The van der Waals surface area contributed by atoms with Gasteiger partial charge in [-0.2, -0.15) is 4.99 Å². The molecule has 8 nitrogen and oxygen atoms in total. The molecule has 33 heavy (non-hydrogen) atoms. The van der Waals surface area contributed by atoms with Crippen molar-refractivity contribution in [3.8, 4) is 0 Å². The highest BCUT2D eigenvalue weighted by molar-refractivity contribution is 5.95. The van der Waals surface area contributed by atoms with Crippen LogP contribution in [-0.4, -0.2) is 54.0 Å². The molecule has 1 N–H and O–H groups in total. The Labute approximate surface area is 196 Å². The smallest absolute Gasteiger partial charge is 0.414 e. The molecule has 3 rings (SSSR count). The first kappa shape index (κ1) is 24.8. The Kier molecular flexibility index (Phi) is 8.13. The standard InChI is InChI=1S/C25H36N4O4/c1-17(2)15-19-7-9-20(10-8-19)18(3)21-16-22(33-28-21)26-23(29-11-13-31-14-12-29)27-24(30)32-25(4,5)6/h7-10,16-18H,11-15H2,1-6H3,(H,26,27,30). The van der Waals surface area contributed by atoms with E-state index in [9.17, 15) is 4.79 Å². The Morgan fingerprint density at radius 3 is 2.45 bits per heavy atom. The fourth-order valence-corrected chi connectivity index (χ4v) is 3.57. The van der Waals surface area contributed by atoms with Crippen molar-refractivity contribution in [1.29, 1.82) is 0 Å². The van der Waals surface area contributed by atoms with E-state index in [4.69, 9.17) is 14.0 Å². The normalized spacial score (nSPS) is 16.1. The van der Waals surface area contributed by atoms with Gasteiger partial charge < -0.3 is 18.9 Å². The topological polar surface area (TPSA) is 89.2 Å². The van der Waals surface area contributed by atoms with E-state index in [1.54, 1.807) is 0 Å². The number of nitrogens with one attached hydrogen (secondary N) is 1. The second-order valence-corrected chi connectivity index (χ2v) is 9.81. The van der Waals surface area contributed by atoms with Gasteiger partial charge in [0.2, 0.25) is 5.96 Å². The van der Waals surface area contributed by atoms with E-state index in [0.717, 1.165) is 17.7 Å². The molecule has 0 radical (unpaired) electrons. The molecule has 2 heterocycles. The Morgan fingerprint density at radius 2 is 1.85 bits per heavy atom. The number of aliphatic imine (C=N–C) groups is 1. The van der Waals surface area contributed by atoms with Gasteiger partial charge in [-0.1, -0.05) is 50.2 Å². The molecule has 1 amide bonds. The maximum atomic E-state index is 12.4. The summed E-state index contributed by atoms with van der Waals surface area (Å²) in [5.74, 6) is 1.36. The van der Waals surface area contributed by atoms with Crippen LogP contribution < -0.4 is 5.32 Å². The maximum Gasteiger partial charge on any atom is 0.414 e. The van der Waals surface area contributed by atoms with Crippen LogP contribution in [-0.2, 0) is 15.9 Å². The zero-order valence-electron chi connectivity index (χ0n) is 20.6. The third kappa shape index (κ3) is 7.60. The fourth-order valence-electron chi connectivity index (χ4n) is 3.57. The van der Waals surface area contributed by atoms with Crippen molar-refractivity contribution in [2.45, 2.75) is 59.5 Å². The molecule has 2 aromatic rings. The molecule has 8 heteroatoms. The van der Waals surface area contributed by atoms with Crippen molar-refractivity contribution >= 4 is 17.9 Å². The summed E-state index contributed by atoms with van der Waals surface area (Å²) in [6, 6.07) is 10.4. The van der Waals surface area contributed by atoms with Gasteiger partial charge in [-0.05, 0) is 44.2 Å². The summed E-state index contributed by atoms with van der Waals surface area (Å²) < 4.78 is 16.3. The number of alkyl carbamates (subject to hydrolysis) is 1. The first-order valence-corrected chi connectivity index (χ1v) is 11.6. The van der Waals surface area contributed by atoms with Crippen LogP contribution in [0.15, 0.2) is 39.8 Å². The van der Waals surface area contributed by atoms with Crippen LogP contribution >= 0.6 is 0 Å². The van der Waals surface area contributed by atoms with E-state index in [0.29, 0.717) is 44.1 Å². The van der Waals surface area contributed by atoms with Crippen LogP contribution in [0.4, 0.5) is 10.7 Å². The number of morpholine rings is 1. The second-order valence-electron chi connectivity index (χ2n) is 9.81. The number of carbonyl (C=O) groups is 1. The minimum atomic E-state index is -0.611. The largest absolute Gasteiger partial charge is 0.444 e. The van der Waals surface area contributed by atoms with Crippen molar-refractivity contribution < 1.29 is 18.8 Å². The van der Waals surface area contributed by atoms with Crippen LogP contribution in [0.3, 0.4) is 0 Å². The number of ether oxygens (including phenoxy) is 2. The summed E-state index contributed by atoms with van der Waals surface area (Å²) in [4.78, 5) is 18.9. The molecule has 1 aliphatic heterocycles. The average Bonchev–Trinajstić information content (AvgIpc) is 3.21. The number of benzene rings is 1. The van der Waals surface area contributed by atoms with Gasteiger partial charge in [0.1, 0.15) is 5.60 Å². The zero-order chi connectivity index (χ0) is 24.0. The molecule has 180 valence electrons. The predicted octanol–water partition coefficient (Wildman–Crippen LogP) is 4.87. The summed E-state index contributed by atoms with van der Waals surface area (Å²) in [6.07, 6.45) is 0.495. The number of amides is 1. The summed E-state index contributed by atoms with van der Waals surface area (Å²) in [7, 11) is 0. The van der Waals surface area contributed by atoms with Crippen molar-refractivity contribution in [3.63, 3.8) is 0 Å². The van der Waals surface area contributed by atoms with E-state index in [-0.39, 0.29) is 5.92 Å². The number of hydrogen-bond donors (Lipinski definition) is 1. The average molecular weight is 457 g/mol. The highest BCUT2D eigenvalue weighted by atomic mass is 16.6. The van der Waals surface area contributed by atoms with Crippen molar-refractivity contribution in [2.75, 3.05) is 26.3 Å². The lowest BCUT2D eigenvalue weighted by Crippen LogP contribution is -2.49. The molecular formula is C25H36N4O4. The van der Waals surface area contributed by atoms with E-state index in [1.807, 2.05) is 31.7 Å². The van der Waals surface area contributed by atoms with Gasteiger partial charge in [-0.15, -0.1) is 0 Å². The third-order valence-corrected chi connectivity index (χ3v) is 5.22. The van der Waals surface area contributed by atoms with Gasteiger partial charge in [-0.25, -0.2) is 4.79 Å². The van der Waals surface area contributed by atoms with Gasteiger partial charge >= 0.3 is 6.09 Å². The van der Waals surface area contributed by atoms with Crippen LogP contribution in [0.1, 0.15) is 64.3 Å². The van der Waals surface area contributed by atoms with Gasteiger partial charge in [-0.3, -0.25) is 5.32 Å². The molecule has 1 fully saturated rings. The second kappa shape index (κ2) is 10.8. The lowest BCUT2D eigenvalue weighted by atomic mass is 9.95. The van der Waals surface area contributed by atoms with E-state index in [1.165, 1.54) is 5.56 Å². The van der Waals surface area contributed by atoms with Crippen LogP contribution in [0.25, 0.3) is 0 Å². The molecule has 0 saturated carbocycles. The van der Waals surface area contributed by atoms with Crippen molar-refractivity contribution in [2.24, 2.45) is 10.9 Å². The van der Waals surface area contributed by atoms with Gasteiger partial charge in [0, 0.05) is 25.1 Å². The molecule has 0 spiro atoms. The summed E-state index contributed by atoms with van der Waals surface area (Å²) in [5.41, 5.74) is 2.66. The van der Waals surface area contributed by atoms with Crippen molar-refractivity contribution in [1.82, 2.24) is 15.4 Å². The summed E-state index contributed by atoms with van der Waals surface area (Å²) in [5, 5.41) is 6.99. The first-order valence-electron chi connectivity index (χ1n) is 11.6. The van der Waals surface area contributed by atoms with Crippen LogP contribution in [0, 0.1) is 5.92 Å². The van der Waals surface area contributed by atoms with E-state index >= 15 is 0 Å². The number of hydrogen-bond acceptors (Lipinski definition) is 6.